The molecule has 0 aromatic heterocycles. The Kier molecular flexibility index (Phi) is 7.57. The first-order chi connectivity index (χ1) is 10.3. The molecule has 22 heavy (non-hydrogen) atoms. The number of ketones is 1. The molecule has 0 radical (unpaired) electrons. The normalized spacial score (nSPS) is 18.1. The van der Waals surface area contributed by atoms with E-state index in [1.807, 2.05) is 6.08 Å². The molecule has 0 saturated heterocycles. The minimum atomic E-state index is -0.232. The third-order valence-electron chi connectivity index (χ3n) is 3.91. The van der Waals surface area contributed by atoms with Gasteiger partial charge in [0.25, 0.3) is 0 Å². The van der Waals surface area contributed by atoms with Crippen molar-refractivity contribution < 1.29 is 14.3 Å². The van der Waals surface area contributed by atoms with E-state index < -0.39 is 0 Å². The van der Waals surface area contributed by atoms with Gasteiger partial charge in [-0.2, -0.15) is 0 Å². The number of carbonyl (C=O) groups excluding carboxylic acids is 2. The number of carbonyl (C=O) groups is 2. The summed E-state index contributed by atoms with van der Waals surface area (Å²) in [6, 6.07) is 0. The van der Waals surface area contributed by atoms with Crippen LogP contribution in [0.2, 0.25) is 0 Å². The third kappa shape index (κ3) is 7.06. The smallest absolute Gasteiger partial charge is 0.302 e. The largest absolute Gasteiger partial charge is 0.466 e. The van der Waals surface area contributed by atoms with Crippen LogP contribution in [0.3, 0.4) is 0 Å². The molecule has 0 N–H and O–H groups in total. The Morgan fingerprint density at radius 2 is 2.05 bits per heavy atom. The zero-order valence-corrected chi connectivity index (χ0v) is 14.5. The second-order valence-corrected chi connectivity index (χ2v) is 6.97. The molecule has 1 rings (SSSR count). The average Bonchev–Trinajstić information content (AvgIpc) is 2.39. The number of rotatable bonds is 8. The Hall–Kier alpha value is -1.38. The molecule has 3 nitrogen and oxygen atoms in total. The van der Waals surface area contributed by atoms with Crippen molar-refractivity contribution in [2.75, 3.05) is 6.61 Å². The van der Waals surface area contributed by atoms with Gasteiger partial charge in [0.05, 0.1) is 6.61 Å². The van der Waals surface area contributed by atoms with Gasteiger partial charge in [-0.05, 0) is 48.3 Å². The lowest BCUT2D eigenvalue weighted by Crippen LogP contribution is -2.22. The molecule has 0 fully saturated rings. The van der Waals surface area contributed by atoms with Crippen LogP contribution in [-0.2, 0) is 14.3 Å². The zero-order valence-electron chi connectivity index (χ0n) is 14.5. The lowest BCUT2D eigenvalue weighted by atomic mass is 9.74. The quantitative estimate of drug-likeness (QED) is 0.479. The average molecular weight is 306 g/mol. The molecule has 3 heteroatoms. The molecule has 0 saturated carbocycles. The maximum absolute atomic E-state index is 12.0. The van der Waals surface area contributed by atoms with Crippen molar-refractivity contribution in [1.29, 1.82) is 0 Å². The van der Waals surface area contributed by atoms with Crippen LogP contribution in [0.5, 0.6) is 0 Å². The van der Waals surface area contributed by atoms with E-state index in [9.17, 15) is 9.59 Å². The van der Waals surface area contributed by atoms with Crippen molar-refractivity contribution in [1.82, 2.24) is 0 Å². The van der Waals surface area contributed by atoms with Crippen LogP contribution in [0.4, 0.5) is 0 Å². The fourth-order valence-electron chi connectivity index (χ4n) is 2.90. The standard InChI is InChI=1S/C19H30O3/c1-5-6-7-9-16(10-8-11-22-15(2)20)17-12-18(21)14-19(3,4)13-17/h9,12H,5-8,10-11,13-14H2,1-4H3/b16-9+. The minimum Gasteiger partial charge on any atom is -0.466 e. The van der Waals surface area contributed by atoms with Crippen molar-refractivity contribution in [2.24, 2.45) is 5.41 Å². The number of unbranched alkanes of at least 4 members (excludes halogenated alkanes) is 2. The summed E-state index contributed by atoms with van der Waals surface area (Å²) < 4.78 is 5.01. The van der Waals surface area contributed by atoms with Gasteiger partial charge in [-0.15, -0.1) is 0 Å². The lowest BCUT2D eigenvalue weighted by molar-refractivity contribution is -0.141. The molecule has 0 bridgehead atoms. The van der Waals surface area contributed by atoms with Crippen LogP contribution >= 0.6 is 0 Å². The van der Waals surface area contributed by atoms with Crippen LogP contribution in [-0.4, -0.2) is 18.4 Å². The number of hydrogen-bond acceptors (Lipinski definition) is 3. The molecular formula is C19H30O3. The third-order valence-corrected chi connectivity index (χ3v) is 3.91. The van der Waals surface area contributed by atoms with E-state index in [4.69, 9.17) is 4.74 Å². The molecular weight excluding hydrogens is 276 g/mol. The van der Waals surface area contributed by atoms with Gasteiger partial charge in [-0.3, -0.25) is 9.59 Å². The molecule has 0 amide bonds. The zero-order chi connectivity index (χ0) is 16.6. The summed E-state index contributed by atoms with van der Waals surface area (Å²) in [5, 5.41) is 0. The highest BCUT2D eigenvalue weighted by Crippen LogP contribution is 2.37. The van der Waals surface area contributed by atoms with E-state index in [-0.39, 0.29) is 17.2 Å². The number of allylic oxidation sites excluding steroid dienone is 4. The van der Waals surface area contributed by atoms with E-state index in [1.54, 1.807) is 0 Å². The summed E-state index contributed by atoms with van der Waals surface area (Å²) in [6.45, 7) is 8.37. The van der Waals surface area contributed by atoms with Gasteiger partial charge in [0.1, 0.15) is 0 Å². The van der Waals surface area contributed by atoms with Crippen LogP contribution in [0.25, 0.3) is 0 Å². The molecule has 124 valence electrons. The van der Waals surface area contributed by atoms with Gasteiger partial charge < -0.3 is 4.74 Å². The van der Waals surface area contributed by atoms with E-state index in [2.05, 4.69) is 26.8 Å². The number of ether oxygens (including phenoxy) is 1. The molecule has 0 aromatic rings. The first-order valence-corrected chi connectivity index (χ1v) is 8.40. The lowest BCUT2D eigenvalue weighted by Gasteiger charge is -2.30. The maximum Gasteiger partial charge on any atom is 0.302 e. The van der Waals surface area contributed by atoms with E-state index in [0.717, 1.165) is 32.1 Å². The Balaban J connectivity index is 2.74. The van der Waals surface area contributed by atoms with E-state index in [0.29, 0.717) is 13.0 Å². The topological polar surface area (TPSA) is 43.4 Å². The van der Waals surface area contributed by atoms with Crippen molar-refractivity contribution in [3.63, 3.8) is 0 Å². The summed E-state index contributed by atoms with van der Waals surface area (Å²) in [6.07, 6.45) is 10.7. The van der Waals surface area contributed by atoms with Gasteiger partial charge in [-0.25, -0.2) is 0 Å². The summed E-state index contributed by atoms with van der Waals surface area (Å²) in [5.41, 5.74) is 2.49. The van der Waals surface area contributed by atoms with Crippen molar-refractivity contribution >= 4 is 11.8 Å². The summed E-state index contributed by atoms with van der Waals surface area (Å²) in [5.74, 6) is -0.00247. The minimum absolute atomic E-state index is 0.0426. The highest BCUT2D eigenvalue weighted by atomic mass is 16.5. The van der Waals surface area contributed by atoms with Crippen LogP contribution < -0.4 is 0 Å². The Bertz CT molecular complexity index is 455. The predicted octanol–water partition coefficient (Wildman–Crippen LogP) is 4.76. The Morgan fingerprint density at radius 3 is 2.64 bits per heavy atom. The molecule has 1 aliphatic carbocycles. The Morgan fingerprint density at radius 1 is 1.32 bits per heavy atom. The predicted molar refractivity (Wildman–Crippen MR) is 89.6 cm³/mol. The first-order valence-electron chi connectivity index (χ1n) is 8.40. The van der Waals surface area contributed by atoms with Crippen molar-refractivity contribution in [3.8, 4) is 0 Å². The molecule has 1 aliphatic rings. The van der Waals surface area contributed by atoms with Gasteiger partial charge in [0, 0.05) is 13.3 Å². The highest BCUT2D eigenvalue weighted by Gasteiger charge is 2.28. The SMILES string of the molecule is CCCC/C=C(\CCCOC(C)=O)C1=CC(=O)CC(C)(C)C1. The highest BCUT2D eigenvalue weighted by molar-refractivity contribution is 5.92. The molecule has 0 spiro atoms. The summed E-state index contributed by atoms with van der Waals surface area (Å²) in [7, 11) is 0. The maximum atomic E-state index is 12.0. The monoisotopic (exact) mass is 306 g/mol. The van der Waals surface area contributed by atoms with Gasteiger partial charge in [0.15, 0.2) is 5.78 Å². The fourth-order valence-corrected chi connectivity index (χ4v) is 2.90. The molecule has 0 aliphatic heterocycles. The summed E-state index contributed by atoms with van der Waals surface area (Å²) >= 11 is 0. The summed E-state index contributed by atoms with van der Waals surface area (Å²) in [4.78, 5) is 22.8. The van der Waals surface area contributed by atoms with Gasteiger partial charge in [-0.1, -0.05) is 39.7 Å². The molecule has 0 heterocycles. The fraction of sp³-hybridized carbons (Fsp3) is 0.684. The van der Waals surface area contributed by atoms with Crippen molar-refractivity contribution in [2.45, 2.75) is 72.6 Å². The number of hydrogen-bond donors (Lipinski definition) is 0. The second-order valence-electron chi connectivity index (χ2n) is 6.97. The van der Waals surface area contributed by atoms with E-state index >= 15 is 0 Å². The van der Waals surface area contributed by atoms with E-state index in [1.165, 1.54) is 24.5 Å². The molecule has 0 aromatic carbocycles. The van der Waals surface area contributed by atoms with Crippen LogP contribution in [0.15, 0.2) is 23.3 Å². The van der Waals surface area contributed by atoms with Gasteiger partial charge in [0.2, 0.25) is 0 Å². The van der Waals surface area contributed by atoms with Crippen molar-refractivity contribution in [3.05, 3.63) is 23.3 Å². The first kappa shape index (κ1) is 18.7. The second kappa shape index (κ2) is 8.92. The molecule has 0 atom stereocenters. The Labute approximate surface area is 134 Å². The van der Waals surface area contributed by atoms with Crippen LogP contribution in [0, 0.1) is 5.41 Å². The molecule has 0 unspecified atom stereocenters. The number of esters is 1. The van der Waals surface area contributed by atoms with Crippen LogP contribution in [0.1, 0.15) is 72.6 Å². The van der Waals surface area contributed by atoms with Gasteiger partial charge >= 0.3 is 5.97 Å².